The zero-order chi connectivity index (χ0) is 21.5. The smallest absolute Gasteiger partial charge is 0.162 e. The van der Waals surface area contributed by atoms with E-state index < -0.39 is 0 Å². The van der Waals surface area contributed by atoms with Gasteiger partial charge in [0.1, 0.15) is 23.0 Å². The maximum atomic E-state index is 6.23. The van der Waals surface area contributed by atoms with E-state index in [-0.39, 0.29) is 5.15 Å². The van der Waals surface area contributed by atoms with Gasteiger partial charge < -0.3 is 24.3 Å². The van der Waals surface area contributed by atoms with E-state index in [2.05, 4.69) is 10.3 Å². The van der Waals surface area contributed by atoms with Gasteiger partial charge in [-0.25, -0.2) is 9.98 Å². The fourth-order valence-corrected chi connectivity index (χ4v) is 2.94. The summed E-state index contributed by atoms with van der Waals surface area (Å²) in [5.41, 5.74) is 1.97. The number of amidine groups is 1. The number of rotatable bonds is 7. The number of hydrogen-bond acceptors (Lipinski definition) is 6. The highest BCUT2D eigenvalue weighted by Gasteiger charge is 2.15. The number of benzene rings is 2. The first-order chi connectivity index (χ1) is 14.6. The predicted octanol–water partition coefficient (Wildman–Crippen LogP) is 4.96. The molecule has 3 aromatic rings. The molecule has 0 spiro atoms. The quantitative estimate of drug-likeness (QED) is 0.326. The van der Waals surface area contributed by atoms with Crippen LogP contribution in [0.5, 0.6) is 23.0 Å². The summed E-state index contributed by atoms with van der Waals surface area (Å²) in [4.78, 5) is 8.80. The van der Waals surface area contributed by atoms with Gasteiger partial charge in [-0.2, -0.15) is 0 Å². The number of aliphatic imine (C=N–C) groups is 1. The first kappa shape index (κ1) is 21.3. The number of nitrogens with one attached hydrogen (secondary N) is 1. The minimum atomic E-state index is 0.289. The largest absolute Gasteiger partial charge is 0.497 e. The lowest BCUT2D eigenvalue weighted by Gasteiger charge is -2.16. The Morgan fingerprint density at radius 1 is 0.867 bits per heavy atom. The van der Waals surface area contributed by atoms with Crippen molar-refractivity contribution in [3.05, 3.63) is 65.4 Å². The second kappa shape index (κ2) is 9.84. The minimum absolute atomic E-state index is 0.289. The summed E-state index contributed by atoms with van der Waals surface area (Å²) in [6.45, 7) is 0. The molecule has 156 valence electrons. The third-order valence-corrected chi connectivity index (χ3v) is 4.57. The van der Waals surface area contributed by atoms with Crippen LogP contribution in [-0.4, -0.2) is 39.3 Å². The highest BCUT2D eigenvalue weighted by molar-refractivity contribution is 6.32. The molecule has 0 fully saturated rings. The van der Waals surface area contributed by atoms with Crippen LogP contribution in [0, 0.1) is 0 Å². The van der Waals surface area contributed by atoms with Gasteiger partial charge in [0, 0.05) is 24.0 Å². The summed E-state index contributed by atoms with van der Waals surface area (Å²) >= 11 is 6.23. The molecule has 0 amide bonds. The van der Waals surface area contributed by atoms with Gasteiger partial charge >= 0.3 is 0 Å². The number of nitrogens with zero attached hydrogens (tertiary/aromatic N) is 2. The molecule has 0 bridgehead atoms. The van der Waals surface area contributed by atoms with E-state index in [1.54, 1.807) is 58.9 Å². The summed E-state index contributed by atoms with van der Waals surface area (Å²) in [5.74, 6) is 2.97. The Labute approximate surface area is 180 Å². The van der Waals surface area contributed by atoms with Crippen molar-refractivity contribution in [1.82, 2.24) is 4.98 Å². The summed E-state index contributed by atoms with van der Waals surface area (Å²) in [7, 11) is 6.35. The molecular formula is C22H22ClN3O4. The Kier molecular flexibility index (Phi) is 6.98. The van der Waals surface area contributed by atoms with Gasteiger partial charge in [-0.3, -0.25) is 0 Å². The van der Waals surface area contributed by atoms with Crippen LogP contribution in [0.4, 0.5) is 11.4 Å². The standard InChI is InChI=1S/C22H22ClN3O4/c1-27-15-8-9-16(19(13-15)29-3)22(26-17-6-5-11-24-21(17)23)25-14-7-10-18(28-2)20(12-14)30-4/h5-13H,1-4H3,(H,25,26). The van der Waals surface area contributed by atoms with Gasteiger partial charge in [-0.1, -0.05) is 11.6 Å². The van der Waals surface area contributed by atoms with Crippen LogP contribution in [0.15, 0.2) is 59.7 Å². The Balaban J connectivity index is 2.11. The molecule has 0 aliphatic heterocycles. The van der Waals surface area contributed by atoms with Gasteiger partial charge in [0.15, 0.2) is 16.7 Å². The van der Waals surface area contributed by atoms with Gasteiger partial charge in [-0.05, 0) is 36.4 Å². The number of halogens is 1. The maximum absolute atomic E-state index is 6.23. The van der Waals surface area contributed by atoms with Crippen LogP contribution >= 0.6 is 11.6 Å². The molecule has 0 aliphatic carbocycles. The molecule has 0 saturated heterocycles. The lowest BCUT2D eigenvalue weighted by molar-refractivity contribution is 0.355. The summed E-state index contributed by atoms with van der Waals surface area (Å²) in [6, 6.07) is 14.5. The van der Waals surface area contributed by atoms with Crippen molar-refractivity contribution in [2.24, 2.45) is 4.99 Å². The number of aromatic nitrogens is 1. The van der Waals surface area contributed by atoms with Crippen LogP contribution in [-0.2, 0) is 0 Å². The number of pyridine rings is 1. The summed E-state index contributed by atoms with van der Waals surface area (Å²) in [6.07, 6.45) is 1.61. The van der Waals surface area contributed by atoms with Crippen molar-refractivity contribution >= 4 is 28.8 Å². The average Bonchev–Trinajstić information content (AvgIpc) is 2.79. The molecule has 30 heavy (non-hydrogen) atoms. The molecule has 3 rings (SSSR count). The molecule has 1 heterocycles. The number of hydrogen-bond donors (Lipinski definition) is 1. The van der Waals surface area contributed by atoms with Crippen LogP contribution in [0.25, 0.3) is 0 Å². The van der Waals surface area contributed by atoms with Crippen molar-refractivity contribution in [2.75, 3.05) is 33.8 Å². The molecule has 0 saturated carbocycles. The van der Waals surface area contributed by atoms with Crippen LogP contribution in [0.2, 0.25) is 5.15 Å². The first-order valence-electron chi connectivity index (χ1n) is 9.00. The SMILES string of the molecule is COc1ccc(C(=Nc2cccnc2Cl)Nc2ccc(OC)c(OC)c2)c(OC)c1. The molecule has 0 radical (unpaired) electrons. The van der Waals surface area contributed by atoms with Crippen molar-refractivity contribution in [3.63, 3.8) is 0 Å². The van der Waals surface area contributed by atoms with E-state index in [9.17, 15) is 0 Å². The monoisotopic (exact) mass is 427 g/mol. The zero-order valence-electron chi connectivity index (χ0n) is 17.1. The fourth-order valence-electron chi connectivity index (χ4n) is 2.78. The fraction of sp³-hybridized carbons (Fsp3) is 0.182. The lowest BCUT2D eigenvalue weighted by atomic mass is 10.1. The first-order valence-corrected chi connectivity index (χ1v) is 9.38. The number of ether oxygens (including phenoxy) is 4. The summed E-state index contributed by atoms with van der Waals surface area (Å²) in [5, 5.41) is 3.60. The molecule has 7 nitrogen and oxygen atoms in total. The Hall–Kier alpha value is -3.45. The Morgan fingerprint density at radius 3 is 2.30 bits per heavy atom. The lowest BCUT2D eigenvalue weighted by Crippen LogP contribution is -2.15. The molecule has 0 aliphatic rings. The van der Waals surface area contributed by atoms with E-state index in [1.807, 2.05) is 24.3 Å². The third-order valence-electron chi connectivity index (χ3n) is 4.28. The molecule has 2 aromatic carbocycles. The highest BCUT2D eigenvalue weighted by atomic mass is 35.5. The van der Waals surface area contributed by atoms with Crippen molar-refractivity contribution < 1.29 is 18.9 Å². The number of methoxy groups -OCH3 is 4. The minimum Gasteiger partial charge on any atom is -0.497 e. The van der Waals surface area contributed by atoms with Crippen molar-refractivity contribution in [2.45, 2.75) is 0 Å². The maximum Gasteiger partial charge on any atom is 0.162 e. The number of anilines is 1. The van der Waals surface area contributed by atoms with E-state index in [4.69, 9.17) is 35.5 Å². The van der Waals surface area contributed by atoms with Crippen molar-refractivity contribution in [3.8, 4) is 23.0 Å². The van der Waals surface area contributed by atoms with Crippen LogP contribution in [0.3, 0.4) is 0 Å². The van der Waals surface area contributed by atoms with E-state index >= 15 is 0 Å². The normalized spacial score (nSPS) is 11.0. The van der Waals surface area contributed by atoms with E-state index in [1.165, 1.54) is 0 Å². The van der Waals surface area contributed by atoms with Gasteiger partial charge in [0.05, 0.1) is 34.0 Å². The highest BCUT2D eigenvalue weighted by Crippen LogP contribution is 2.32. The van der Waals surface area contributed by atoms with Crippen LogP contribution < -0.4 is 24.3 Å². The Bertz CT molecular complexity index is 1060. The molecular weight excluding hydrogens is 406 g/mol. The zero-order valence-corrected chi connectivity index (χ0v) is 17.9. The third kappa shape index (κ3) is 4.75. The molecule has 0 unspecified atom stereocenters. The second-order valence-corrected chi connectivity index (χ2v) is 6.39. The van der Waals surface area contributed by atoms with Crippen molar-refractivity contribution in [1.29, 1.82) is 0 Å². The van der Waals surface area contributed by atoms with E-state index in [0.29, 0.717) is 40.1 Å². The van der Waals surface area contributed by atoms with Gasteiger partial charge in [-0.15, -0.1) is 0 Å². The molecule has 1 aromatic heterocycles. The molecule has 0 atom stereocenters. The van der Waals surface area contributed by atoms with Gasteiger partial charge in [0.2, 0.25) is 0 Å². The summed E-state index contributed by atoms with van der Waals surface area (Å²) < 4.78 is 21.6. The average molecular weight is 428 g/mol. The van der Waals surface area contributed by atoms with Gasteiger partial charge in [0.25, 0.3) is 0 Å². The topological polar surface area (TPSA) is 74.2 Å². The molecule has 1 N–H and O–H groups in total. The Morgan fingerprint density at radius 2 is 1.63 bits per heavy atom. The van der Waals surface area contributed by atoms with Crippen LogP contribution in [0.1, 0.15) is 5.56 Å². The molecule has 8 heteroatoms. The van der Waals surface area contributed by atoms with E-state index in [0.717, 1.165) is 5.69 Å². The predicted molar refractivity (Wildman–Crippen MR) is 118 cm³/mol. The second-order valence-electron chi connectivity index (χ2n) is 6.03.